The summed E-state index contributed by atoms with van der Waals surface area (Å²) in [5.41, 5.74) is 0.552. The Kier molecular flexibility index (Phi) is 4.68. The first-order valence-corrected chi connectivity index (χ1v) is 8.74. The van der Waals surface area contributed by atoms with Crippen LogP contribution in [0, 0.1) is 0 Å². The van der Waals surface area contributed by atoms with Gasteiger partial charge in [-0.3, -0.25) is 0 Å². The van der Waals surface area contributed by atoms with E-state index in [0.717, 1.165) is 15.3 Å². The lowest BCUT2D eigenvalue weighted by atomic mass is 10.1. The molecule has 28 heavy (non-hydrogen) atoms. The van der Waals surface area contributed by atoms with Gasteiger partial charge in [-0.2, -0.15) is 13.2 Å². The molecule has 0 aliphatic heterocycles. The van der Waals surface area contributed by atoms with Gasteiger partial charge in [0.25, 0.3) is 0 Å². The zero-order valence-corrected chi connectivity index (χ0v) is 14.7. The lowest BCUT2D eigenvalue weighted by molar-refractivity contribution is -0.147. The van der Waals surface area contributed by atoms with Crippen LogP contribution >= 0.6 is 0 Å². The number of fused-ring (bicyclic) bond motifs is 2. The van der Waals surface area contributed by atoms with Crippen LogP contribution in [0.15, 0.2) is 66.7 Å². The number of hydrogen-bond acceptors (Lipinski definition) is 3. The third kappa shape index (κ3) is 3.53. The van der Waals surface area contributed by atoms with E-state index in [4.69, 9.17) is 4.74 Å². The van der Waals surface area contributed by atoms with Crippen molar-refractivity contribution in [1.82, 2.24) is 9.55 Å². The Morgan fingerprint density at radius 1 is 0.964 bits per heavy atom. The molecule has 0 saturated carbocycles. The number of aromatic nitrogens is 2. The zero-order chi connectivity index (χ0) is 19.7. The first-order chi connectivity index (χ1) is 13.4. The van der Waals surface area contributed by atoms with Crippen LogP contribution in [0.3, 0.4) is 0 Å². The summed E-state index contributed by atoms with van der Waals surface area (Å²) in [6, 6.07) is 19.5. The quantitative estimate of drug-likeness (QED) is 0.543. The lowest BCUT2D eigenvalue weighted by Crippen LogP contribution is -2.26. The number of hydrogen-bond donors (Lipinski definition) is 1. The normalized spacial score (nSPS) is 13.1. The molecule has 4 nitrogen and oxygen atoms in total. The van der Waals surface area contributed by atoms with Crippen molar-refractivity contribution in [2.45, 2.75) is 18.8 Å². The molecule has 0 unspecified atom stereocenters. The summed E-state index contributed by atoms with van der Waals surface area (Å²) >= 11 is 0. The van der Waals surface area contributed by atoms with Gasteiger partial charge in [0.05, 0.1) is 17.6 Å². The molecular formula is C21H17F3N2O2. The van der Waals surface area contributed by atoms with Gasteiger partial charge in [0.15, 0.2) is 0 Å². The molecule has 3 aromatic carbocycles. The average molecular weight is 386 g/mol. The van der Waals surface area contributed by atoms with Crippen LogP contribution in [0.1, 0.15) is 5.82 Å². The largest absolute Gasteiger partial charge is 0.490 e. The predicted octanol–water partition coefficient (Wildman–Crippen LogP) is 4.65. The number of aliphatic hydroxyl groups excluding tert-OH is 1. The first-order valence-electron chi connectivity index (χ1n) is 8.74. The minimum absolute atomic E-state index is 0.141. The Hall–Kier alpha value is -3.06. The van der Waals surface area contributed by atoms with Gasteiger partial charge in [-0.1, -0.05) is 48.5 Å². The van der Waals surface area contributed by atoms with Gasteiger partial charge in [0, 0.05) is 5.39 Å². The lowest BCUT2D eigenvalue weighted by Gasteiger charge is -2.17. The average Bonchev–Trinajstić information content (AvgIpc) is 3.05. The second kappa shape index (κ2) is 7.16. The Balaban J connectivity index is 1.56. The van der Waals surface area contributed by atoms with Crippen molar-refractivity contribution in [2.24, 2.45) is 0 Å². The van der Waals surface area contributed by atoms with E-state index in [1.165, 1.54) is 6.07 Å². The van der Waals surface area contributed by atoms with Crippen LogP contribution in [0.2, 0.25) is 0 Å². The van der Waals surface area contributed by atoms with Crippen LogP contribution < -0.4 is 4.74 Å². The third-order valence-electron chi connectivity index (χ3n) is 4.48. The third-order valence-corrected chi connectivity index (χ3v) is 4.48. The number of aliphatic hydroxyl groups is 1. The number of para-hydroxylation sites is 2. The molecule has 4 rings (SSSR count). The van der Waals surface area contributed by atoms with E-state index in [0.29, 0.717) is 11.3 Å². The molecule has 1 atom stereocenters. The molecule has 1 aromatic heterocycles. The molecule has 0 radical (unpaired) electrons. The Labute approximate surface area is 158 Å². The molecule has 7 heteroatoms. The standard InChI is InChI=1S/C21H17F3N2O2/c22-21(23,24)20-25-17-9-3-4-10-18(17)26(20)12-15(27)13-28-19-11-5-7-14-6-1-2-8-16(14)19/h1-11,15,27H,12-13H2/t15-/m1/s1. The van der Waals surface area contributed by atoms with Gasteiger partial charge < -0.3 is 14.4 Å². The van der Waals surface area contributed by atoms with Gasteiger partial charge in [0.2, 0.25) is 5.82 Å². The van der Waals surface area contributed by atoms with Crippen LogP contribution in [0.5, 0.6) is 5.75 Å². The van der Waals surface area contributed by atoms with Crippen molar-refractivity contribution < 1.29 is 23.0 Å². The van der Waals surface area contributed by atoms with Crippen molar-refractivity contribution in [2.75, 3.05) is 6.61 Å². The number of ether oxygens (including phenoxy) is 1. The van der Waals surface area contributed by atoms with Crippen molar-refractivity contribution in [3.8, 4) is 5.75 Å². The fourth-order valence-corrected chi connectivity index (χ4v) is 3.25. The van der Waals surface area contributed by atoms with Gasteiger partial charge in [-0.05, 0) is 23.6 Å². The van der Waals surface area contributed by atoms with Gasteiger partial charge >= 0.3 is 6.18 Å². The Morgan fingerprint density at radius 2 is 1.68 bits per heavy atom. The molecule has 1 N–H and O–H groups in total. The maximum Gasteiger partial charge on any atom is 0.449 e. The summed E-state index contributed by atoms with van der Waals surface area (Å²) in [4.78, 5) is 3.68. The number of alkyl halides is 3. The van der Waals surface area contributed by atoms with Crippen LogP contribution in [0.25, 0.3) is 21.8 Å². The maximum atomic E-state index is 13.4. The molecule has 144 valence electrons. The molecule has 0 aliphatic rings. The van der Waals surface area contributed by atoms with E-state index >= 15 is 0 Å². The van der Waals surface area contributed by atoms with Crippen LogP contribution in [0.4, 0.5) is 13.2 Å². The Morgan fingerprint density at radius 3 is 2.50 bits per heavy atom. The number of rotatable bonds is 5. The summed E-state index contributed by atoms with van der Waals surface area (Å²) in [7, 11) is 0. The highest BCUT2D eigenvalue weighted by Crippen LogP contribution is 2.32. The highest BCUT2D eigenvalue weighted by atomic mass is 19.4. The van der Waals surface area contributed by atoms with Crippen LogP contribution in [-0.4, -0.2) is 27.4 Å². The number of benzene rings is 3. The van der Waals surface area contributed by atoms with E-state index in [2.05, 4.69) is 4.98 Å². The second-order valence-corrected chi connectivity index (χ2v) is 6.47. The van der Waals surface area contributed by atoms with Crippen molar-refractivity contribution in [3.63, 3.8) is 0 Å². The van der Waals surface area contributed by atoms with E-state index in [1.807, 2.05) is 36.4 Å². The monoisotopic (exact) mass is 386 g/mol. The highest BCUT2D eigenvalue weighted by molar-refractivity contribution is 5.88. The predicted molar refractivity (Wildman–Crippen MR) is 100 cm³/mol. The Bertz CT molecular complexity index is 1120. The summed E-state index contributed by atoms with van der Waals surface area (Å²) < 4.78 is 46.8. The summed E-state index contributed by atoms with van der Waals surface area (Å²) in [5.74, 6) is -0.457. The minimum Gasteiger partial charge on any atom is -0.490 e. The molecular weight excluding hydrogens is 369 g/mol. The maximum absolute atomic E-state index is 13.4. The highest BCUT2D eigenvalue weighted by Gasteiger charge is 2.37. The van der Waals surface area contributed by atoms with E-state index in [-0.39, 0.29) is 18.7 Å². The molecule has 0 spiro atoms. The van der Waals surface area contributed by atoms with E-state index in [1.54, 1.807) is 24.3 Å². The van der Waals surface area contributed by atoms with Crippen molar-refractivity contribution >= 4 is 21.8 Å². The minimum atomic E-state index is -4.62. The van der Waals surface area contributed by atoms with E-state index < -0.39 is 18.1 Å². The molecule has 0 fully saturated rings. The number of halogens is 3. The van der Waals surface area contributed by atoms with Gasteiger partial charge in [-0.15, -0.1) is 0 Å². The summed E-state index contributed by atoms with van der Waals surface area (Å²) in [6.07, 6.45) is -5.76. The van der Waals surface area contributed by atoms with Gasteiger partial charge in [0.1, 0.15) is 18.5 Å². The molecule has 0 saturated heterocycles. The van der Waals surface area contributed by atoms with Crippen molar-refractivity contribution in [3.05, 3.63) is 72.6 Å². The summed E-state index contributed by atoms with van der Waals surface area (Å²) in [6.45, 7) is -0.419. The fraction of sp³-hybridized carbons (Fsp3) is 0.190. The number of imidazole rings is 1. The zero-order valence-electron chi connectivity index (χ0n) is 14.7. The molecule has 4 aromatic rings. The fourth-order valence-electron chi connectivity index (χ4n) is 3.25. The second-order valence-electron chi connectivity index (χ2n) is 6.47. The van der Waals surface area contributed by atoms with Crippen molar-refractivity contribution in [1.29, 1.82) is 0 Å². The molecule has 0 aliphatic carbocycles. The van der Waals surface area contributed by atoms with Crippen LogP contribution in [-0.2, 0) is 12.7 Å². The summed E-state index contributed by atoms with van der Waals surface area (Å²) in [5, 5.41) is 12.2. The molecule has 0 amide bonds. The molecule has 1 heterocycles. The first kappa shape index (κ1) is 18.3. The van der Waals surface area contributed by atoms with Gasteiger partial charge in [-0.25, -0.2) is 4.98 Å². The molecule has 0 bridgehead atoms. The smallest absolute Gasteiger partial charge is 0.449 e. The topological polar surface area (TPSA) is 47.3 Å². The SMILES string of the molecule is O[C@@H](COc1cccc2ccccc12)Cn1c(C(F)(F)F)nc2ccccc21. The van der Waals surface area contributed by atoms with E-state index in [9.17, 15) is 18.3 Å². The number of nitrogens with zero attached hydrogens (tertiary/aromatic N) is 2.